The number of nitrogens with zero attached hydrogens (tertiary/aromatic N) is 4. The van der Waals surface area contributed by atoms with Gasteiger partial charge in [-0.1, -0.05) is 0 Å². The molecule has 148 valence electrons. The summed E-state index contributed by atoms with van der Waals surface area (Å²) < 4.78 is 43.3. The van der Waals surface area contributed by atoms with E-state index in [1.165, 1.54) is 4.68 Å². The molecule has 0 aromatic carbocycles. The van der Waals surface area contributed by atoms with Crippen LogP contribution in [0, 0.1) is 0 Å². The predicted molar refractivity (Wildman–Crippen MR) is 99.2 cm³/mol. The minimum atomic E-state index is -4.57. The third kappa shape index (κ3) is 4.74. The van der Waals surface area contributed by atoms with Gasteiger partial charge in [-0.3, -0.25) is 14.2 Å². The Kier molecular flexibility index (Phi) is 5.99. The average molecular weight is 513 g/mol. The van der Waals surface area contributed by atoms with Crippen LogP contribution in [0.25, 0.3) is 0 Å². The molecule has 1 aliphatic rings. The lowest BCUT2D eigenvalue weighted by Gasteiger charge is -2.16. The van der Waals surface area contributed by atoms with Gasteiger partial charge in [0.2, 0.25) is 5.91 Å². The Labute approximate surface area is 170 Å². The number of nitrogens with one attached hydrogen (secondary N) is 1. The highest BCUT2D eigenvalue weighted by Crippen LogP contribution is 2.47. The van der Waals surface area contributed by atoms with Crippen molar-refractivity contribution in [3.63, 3.8) is 0 Å². The zero-order chi connectivity index (χ0) is 19.8. The lowest BCUT2D eigenvalue weighted by molar-refractivity contribution is -0.142. The highest BCUT2D eigenvalue weighted by atomic mass is 79.9. The monoisotopic (exact) mass is 511 g/mol. The van der Waals surface area contributed by atoms with Gasteiger partial charge in [0.05, 0.1) is 20.8 Å². The van der Waals surface area contributed by atoms with Gasteiger partial charge in [0, 0.05) is 25.2 Å². The van der Waals surface area contributed by atoms with Crippen LogP contribution < -0.4 is 5.32 Å². The predicted octanol–water partition coefficient (Wildman–Crippen LogP) is 4.27. The van der Waals surface area contributed by atoms with E-state index >= 15 is 0 Å². The molecule has 27 heavy (non-hydrogen) atoms. The molecule has 2 aromatic heterocycles. The molecule has 1 saturated carbocycles. The fraction of sp³-hybridized carbons (Fsp3) is 0.562. The molecule has 0 bridgehead atoms. The fourth-order valence-corrected chi connectivity index (χ4v) is 3.94. The molecule has 1 atom stereocenters. The lowest BCUT2D eigenvalue weighted by Crippen LogP contribution is -2.33. The van der Waals surface area contributed by atoms with Crippen molar-refractivity contribution in [2.45, 2.75) is 50.9 Å². The van der Waals surface area contributed by atoms with Gasteiger partial charge < -0.3 is 5.32 Å². The van der Waals surface area contributed by atoms with Crippen LogP contribution in [0.15, 0.2) is 21.3 Å². The van der Waals surface area contributed by atoms with Gasteiger partial charge >= 0.3 is 6.18 Å². The van der Waals surface area contributed by atoms with Gasteiger partial charge in [0.25, 0.3) is 0 Å². The minimum absolute atomic E-state index is 0.0106. The summed E-state index contributed by atoms with van der Waals surface area (Å²) in [6.07, 6.45) is 1.19. The first-order chi connectivity index (χ1) is 12.7. The summed E-state index contributed by atoms with van der Waals surface area (Å²) in [5.74, 6) is -0.348. The SMILES string of the molecule is CC(C(=O)NCCCn1cc(Br)cn1)n1nc(C(F)(F)F)c(Br)c1C1CC1. The first kappa shape index (κ1) is 20.4. The summed E-state index contributed by atoms with van der Waals surface area (Å²) in [5, 5.41) is 10.6. The first-order valence-electron chi connectivity index (χ1n) is 8.49. The zero-order valence-corrected chi connectivity index (χ0v) is 17.6. The molecule has 1 aliphatic carbocycles. The van der Waals surface area contributed by atoms with Crippen molar-refractivity contribution in [3.05, 3.63) is 32.7 Å². The summed E-state index contributed by atoms with van der Waals surface area (Å²) >= 11 is 6.35. The molecule has 3 rings (SSSR count). The van der Waals surface area contributed by atoms with E-state index in [4.69, 9.17) is 0 Å². The number of hydrogen-bond acceptors (Lipinski definition) is 3. The maximum Gasteiger partial charge on any atom is 0.436 e. The van der Waals surface area contributed by atoms with Gasteiger partial charge in [-0.05, 0) is 58.0 Å². The van der Waals surface area contributed by atoms with Crippen molar-refractivity contribution in [1.29, 1.82) is 0 Å². The second kappa shape index (κ2) is 7.94. The smallest absolute Gasteiger partial charge is 0.354 e. The van der Waals surface area contributed by atoms with Crippen LogP contribution >= 0.6 is 31.9 Å². The number of amides is 1. The molecule has 6 nitrogen and oxygen atoms in total. The molecule has 1 unspecified atom stereocenters. The van der Waals surface area contributed by atoms with Crippen LogP contribution in [-0.4, -0.2) is 32.0 Å². The third-order valence-electron chi connectivity index (χ3n) is 4.33. The number of alkyl halides is 3. The van der Waals surface area contributed by atoms with Crippen LogP contribution in [0.4, 0.5) is 13.2 Å². The first-order valence-corrected chi connectivity index (χ1v) is 10.1. The molecular formula is C16H18Br2F3N5O. The number of halogens is 5. The molecule has 0 aliphatic heterocycles. The number of aromatic nitrogens is 4. The topological polar surface area (TPSA) is 64.7 Å². The van der Waals surface area contributed by atoms with E-state index in [9.17, 15) is 18.0 Å². The fourth-order valence-electron chi connectivity index (χ4n) is 2.80. The molecule has 0 saturated heterocycles. The molecule has 2 heterocycles. The molecule has 1 N–H and O–H groups in total. The summed E-state index contributed by atoms with van der Waals surface area (Å²) in [6.45, 7) is 2.58. The maximum atomic E-state index is 13.2. The quantitative estimate of drug-likeness (QED) is 0.563. The molecule has 0 radical (unpaired) electrons. The van der Waals surface area contributed by atoms with Gasteiger partial charge in [0.15, 0.2) is 5.69 Å². The standard InChI is InChI=1S/C16H18Br2F3N5O/c1-9(15(27)22-5-2-6-25-8-11(17)7-23-25)26-13(10-3-4-10)12(18)14(24-26)16(19,20)21/h7-10H,2-6H2,1H3,(H,22,27). The Balaban J connectivity index is 1.64. The Morgan fingerprint density at radius 1 is 1.41 bits per heavy atom. The third-order valence-corrected chi connectivity index (χ3v) is 5.52. The summed E-state index contributed by atoms with van der Waals surface area (Å²) in [5.41, 5.74) is -0.528. The summed E-state index contributed by atoms with van der Waals surface area (Å²) in [4.78, 5) is 12.4. The number of carbonyl (C=O) groups excluding carboxylic acids is 1. The highest BCUT2D eigenvalue weighted by Gasteiger charge is 2.42. The van der Waals surface area contributed by atoms with Crippen molar-refractivity contribution in [1.82, 2.24) is 24.9 Å². The largest absolute Gasteiger partial charge is 0.436 e. The second-order valence-corrected chi connectivity index (χ2v) is 8.22. The Morgan fingerprint density at radius 3 is 2.67 bits per heavy atom. The zero-order valence-electron chi connectivity index (χ0n) is 14.4. The van der Waals surface area contributed by atoms with Crippen molar-refractivity contribution >= 4 is 37.8 Å². The molecule has 1 fully saturated rings. The molecule has 0 spiro atoms. The second-order valence-electron chi connectivity index (χ2n) is 6.51. The van der Waals surface area contributed by atoms with E-state index in [-0.39, 0.29) is 16.3 Å². The van der Waals surface area contributed by atoms with E-state index in [0.717, 1.165) is 17.3 Å². The lowest BCUT2D eigenvalue weighted by atomic mass is 10.2. The highest BCUT2D eigenvalue weighted by molar-refractivity contribution is 9.10. The van der Waals surface area contributed by atoms with Gasteiger partial charge in [-0.25, -0.2) is 0 Å². The molecule has 2 aromatic rings. The Bertz CT molecular complexity index is 829. The van der Waals surface area contributed by atoms with Crippen LogP contribution in [0.5, 0.6) is 0 Å². The van der Waals surface area contributed by atoms with Gasteiger partial charge in [0.1, 0.15) is 6.04 Å². The number of carbonyl (C=O) groups is 1. The molecule has 1 amide bonds. The average Bonchev–Trinajstić information content (AvgIpc) is 3.24. The normalized spacial score (nSPS) is 15.8. The van der Waals surface area contributed by atoms with Crippen molar-refractivity contribution in [2.75, 3.05) is 6.54 Å². The maximum absolute atomic E-state index is 13.2. The molecular weight excluding hydrogens is 495 g/mol. The van der Waals surface area contributed by atoms with Crippen molar-refractivity contribution in [2.24, 2.45) is 0 Å². The van der Waals surface area contributed by atoms with E-state index in [1.54, 1.807) is 17.8 Å². The van der Waals surface area contributed by atoms with E-state index in [2.05, 4.69) is 47.4 Å². The van der Waals surface area contributed by atoms with Crippen LogP contribution in [0.3, 0.4) is 0 Å². The molecule has 11 heteroatoms. The van der Waals surface area contributed by atoms with Crippen LogP contribution in [0.1, 0.15) is 49.5 Å². The Hall–Kier alpha value is -1.36. The van der Waals surface area contributed by atoms with Crippen LogP contribution in [-0.2, 0) is 17.5 Å². The van der Waals surface area contributed by atoms with E-state index in [0.29, 0.717) is 25.2 Å². The van der Waals surface area contributed by atoms with Crippen molar-refractivity contribution in [3.8, 4) is 0 Å². The van der Waals surface area contributed by atoms with E-state index in [1.807, 2.05) is 6.20 Å². The minimum Gasteiger partial charge on any atom is -0.354 e. The number of hydrogen-bond donors (Lipinski definition) is 1. The summed E-state index contributed by atoms with van der Waals surface area (Å²) in [7, 11) is 0. The Morgan fingerprint density at radius 2 is 2.11 bits per heavy atom. The number of aryl methyl sites for hydroxylation is 1. The van der Waals surface area contributed by atoms with Gasteiger partial charge in [-0.2, -0.15) is 23.4 Å². The van der Waals surface area contributed by atoms with E-state index < -0.39 is 17.9 Å². The van der Waals surface area contributed by atoms with Crippen LogP contribution in [0.2, 0.25) is 0 Å². The van der Waals surface area contributed by atoms with Gasteiger partial charge in [-0.15, -0.1) is 0 Å². The number of rotatable bonds is 7. The van der Waals surface area contributed by atoms with Crippen molar-refractivity contribution < 1.29 is 18.0 Å². The summed E-state index contributed by atoms with van der Waals surface area (Å²) in [6, 6.07) is -0.827.